The number of benzene rings is 1. The summed E-state index contributed by atoms with van der Waals surface area (Å²) >= 11 is 0. The van der Waals surface area contributed by atoms with Crippen LogP contribution in [0.5, 0.6) is 11.5 Å². The molecule has 1 aromatic carbocycles. The molecule has 0 fully saturated rings. The largest absolute Gasteiger partial charge is 0.493 e. The number of hydrogen-bond acceptors (Lipinski definition) is 5. The van der Waals surface area contributed by atoms with Crippen LogP contribution in [0.3, 0.4) is 0 Å². The maximum Gasteiger partial charge on any atom is 0.418 e. The molecule has 0 aromatic heterocycles. The summed E-state index contributed by atoms with van der Waals surface area (Å²) in [5, 5.41) is 20.1. The number of halogens is 3. The Labute approximate surface area is 111 Å². The maximum atomic E-state index is 12.5. The third-order valence-electron chi connectivity index (χ3n) is 2.39. The molecule has 6 nitrogen and oxygen atoms in total. The van der Waals surface area contributed by atoms with Gasteiger partial charge in [-0.25, -0.2) is 0 Å². The number of alkyl halides is 3. The minimum atomic E-state index is -4.94. The van der Waals surface area contributed by atoms with Gasteiger partial charge in [0.05, 0.1) is 18.6 Å². The maximum absolute atomic E-state index is 12.5. The molecule has 20 heavy (non-hydrogen) atoms. The van der Waals surface area contributed by atoms with Gasteiger partial charge in [-0.05, 0) is 13.0 Å². The zero-order valence-electron chi connectivity index (χ0n) is 10.6. The van der Waals surface area contributed by atoms with Crippen LogP contribution in [0.25, 0.3) is 0 Å². The van der Waals surface area contributed by atoms with Gasteiger partial charge in [0.1, 0.15) is 0 Å². The van der Waals surface area contributed by atoms with E-state index in [2.05, 4.69) is 0 Å². The first-order chi connectivity index (χ1) is 9.22. The van der Waals surface area contributed by atoms with Gasteiger partial charge in [-0.2, -0.15) is 13.2 Å². The molecule has 0 radical (unpaired) electrons. The number of methoxy groups -OCH3 is 1. The molecule has 0 aliphatic carbocycles. The summed E-state index contributed by atoms with van der Waals surface area (Å²) in [6.07, 6.45) is -7.78. The van der Waals surface area contributed by atoms with Crippen LogP contribution in [-0.4, -0.2) is 29.9 Å². The molecule has 0 heterocycles. The highest BCUT2D eigenvalue weighted by Gasteiger charge is 2.41. The zero-order chi connectivity index (χ0) is 15.5. The van der Waals surface area contributed by atoms with Gasteiger partial charge in [0.15, 0.2) is 11.9 Å². The van der Waals surface area contributed by atoms with Gasteiger partial charge >= 0.3 is 11.9 Å². The Bertz CT molecular complexity index is 504. The fourth-order valence-corrected chi connectivity index (χ4v) is 1.53. The Hall–Kier alpha value is -2.03. The summed E-state index contributed by atoms with van der Waals surface area (Å²) in [6.45, 7) is 1.63. The van der Waals surface area contributed by atoms with E-state index in [4.69, 9.17) is 14.6 Å². The average molecular weight is 295 g/mol. The molecule has 1 N–H and O–H groups in total. The van der Waals surface area contributed by atoms with Crippen LogP contribution in [0.15, 0.2) is 12.1 Å². The fraction of sp³-hybridized carbons (Fsp3) is 0.455. The highest BCUT2D eigenvalue weighted by atomic mass is 19.4. The minimum absolute atomic E-state index is 0.0678. The predicted octanol–water partition coefficient (Wildman–Crippen LogP) is 2.60. The minimum Gasteiger partial charge on any atom is -0.493 e. The monoisotopic (exact) mass is 295 g/mol. The summed E-state index contributed by atoms with van der Waals surface area (Å²) in [7, 11) is 1.13. The Morgan fingerprint density at radius 1 is 1.45 bits per heavy atom. The zero-order valence-corrected chi connectivity index (χ0v) is 10.6. The van der Waals surface area contributed by atoms with Crippen molar-refractivity contribution in [3.05, 3.63) is 27.8 Å². The van der Waals surface area contributed by atoms with Crippen molar-refractivity contribution < 1.29 is 32.7 Å². The van der Waals surface area contributed by atoms with Crippen LogP contribution in [0.4, 0.5) is 18.9 Å². The van der Waals surface area contributed by atoms with E-state index in [0.717, 1.165) is 13.2 Å². The first-order valence-corrected chi connectivity index (χ1v) is 5.46. The number of aliphatic hydroxyl groups is 1. The highest BCUT2D eigenvalue weighted by molar-refractivity contribution is 5.58. The first kappa shape index (κ1) is 16.0. The van der Waals surface area contributed by atoms with E-state index in [1.807, 2.05) is 0 Å². The van der Waals surface area contributed by atoms with Crippen molar-refractivity contribution in [2.24, 2.45) is 0 Å². The Balaban J connectivity index is 3.44. The molecule has 9 heteroatoms. The third-order valence-corrected chi connectivity index (χ3v) is 2.39. The molecule has 1 aromatic rings. The number of ether oxygens (including phenoxy) is 2. The van der Waals surface area contributed by atoms with Crippen molar-refractivity contribution in [3.8, 4) is 11.5 Å². The van der Waals surface area contributed by atoms with Gasteiger partial charge in [0.2, 0.25) is 5.75 Å². The number of aliphatic hydroxyl groups excluding tert-OH is 1. The van der Waals surface area contributed by atoms with Gasteiger partial charge in [-0.15, -0.1) is 0 Å². The summed E-state index contributed by atoms with van der Waals surface area (Å²) < 4.78 is 47.2. The third kappa shape index (κ3) is 3.29. The molecule has 1 atom stereocenters. The van der Waals surface area contributed by atoms with Crippen molar-refractivity contribution in [2.75, 3.05) is 13.7 Å². The lowest BCUT2D eigenvalue weighted by Gasteiger charge is -2.17. The van der Waals surface area contributed by atoms with Gasteiger partial charge in [0, 0.05) is 11.6 Å². The predicted molar refractivity (Wildman–Crippen MR) is 61.8 cm³/mol. The molecule has 1 rings (SSSR count). The molecule has 0 bridgehead atoms. The van der Waals surface area contributed by atoms with E-state index < -0.39 is 28.5 Å². The molecule has 0 aliphatic heterocycles. The van der Waals surface area contributed by atoms with E-state index >= 15 is 0 Å². The SMILES string of the molecule is CCOc1c(OC)cc(C(O)C(F)(F)F)cc1[N+](=O)[O-]. The van der Waals surface area contributed by atoms with E-state index in [1.54, 1.807) is 6.92 Å². The fourth-order valence-electron chi connectivity index (χ4n) is 1.53. The molecule has 0 aliphatic rings. The molecule has 1 unspecified atom stereocenters. The highest BCUT2D eigenvalue weighted by Crippen LogP contribution is 2.42. The standard InChI is InChI=1S/C11H12F3NO5/c1-3-20-9-7(15(17)18)4-6(5-8(9)19-2)10(16)11(12,13)14/h4-5,10,16H,3H2,1-2H3. The molecule has 0 amide bonds. The summed E-state index contributed by atoms with van der Waals surface area (Å²) in [4.78, 5) is 9.99. The van der Waals surface area contributed by atoms with E-state index in [9.17, 15) is 23.3 Å². The van der Waals surface area contributed by atoms with Crippen molar-refractivity contribution in [3.63, 3.8) is 0 Å². The average Bonchev–Trinajstić information content (AvgIpc) is 2.36. The number of nitro benzene ring substituents is 1. The first-order valence-electron chi connectivity index (χ1n) is 5.46. The number of nitrogens with zero attached hydrogens (tertiary/aromatic N) is 1. The molecule has 0 spiro atoms. The second-order valence-electron chi connectivity index (χ2n) is 3.71. The molecule has 0 saturated carbocycles. The van der Waals surface area contributed by atoms with E-state index in [1.165, 1.54) is 0 Å². The lowest BCUT2D eigenvalue weighted by molar-refractivity contribution is -0.386. The molecule has 112 valence electrons. The Kier molecular flexibility index (Phi) is 4.77. The van der Waals surface area contributed by atoms with Gasteiger partial charge in [-0.1, -0.05) is 0 Å². The van der Waals surface area contributed by atoms with Gasteiger partial charge in [-0.3, -0.25) is 10.1 Å². The Morgan fingerprint density at radius 3 is 2.45 bits per heavy atom. The smallest absolute Gasteiger partial charge is 0.418 e. The van der Waals surface area contributed by atoms with Crippen molar-refractivity contribution in [1.82, 2.24) is 0 Å². The van der Waals surface area contributed by atoms with Crippen LogP contribution in [0.1, 0.15) is 18.6 Å². The summed E-state index contributed by atoms with van der Waals surface area (Å²) in [5.41, 5.74) is -1.39. The topological polar surface area (TPSA) is 81.8 Å². The lowest BCUT2D eigenvalue weighted by Crippen LogP contribution is -2.20. The van der Waals surface area contributed by atoms with Crippen LogP contribution < -0.4 is 9.47 Å². The van der Waals surface area contributed by atoms with Crippen molar-refractivity contribution >= 4 is 5.69 Å². The van der Waals surface area contributed by atoms with Crippen molar-refractivity contribution in [1.29, 1.82) is 0 Å². The van der Waals surface area contributed by atoms with Gasteiger partial charge in [0.25, 0.3) is 0 Å². The van der Waals surface area contributed by atoms with Gasteiger partial charge < -0.3 is 14.6 Å². The normalized spacial score (nSPS) is 12.9. The molecule has 0 saturated heterocycles. The van der Waals surface area contributed by atoms with E-state index in [0.29, 0.717) is 6.07 Å². The second-order valence-corrected chi connectivity index (χ2v) is 3.71. The number of nitro groups is 1. The quantitative estimate of drug-likeness (QED) is 0.667. The van der Waals surface area contributed by atoms with Crippen LogP contribution in [-0.2, 0) is 0 Å². The second kappa shape index (κ2) is 5.95. The molecular weight excluding hydrogens is 283 g/mol. The lowest BCUT2D eigenvalue weighted by atomic mass is 10.1. The summed E-state index contributed by atoms with van der Waals surface area (Å²) in [6, 6.07) is 1.47. The summed E-state index contributed by atoms with van der Waals surface area (Å²) in [5.74, 6) is -0.530. The van der Waals surface area contributed by atoms with Crippen molar-refractivity contribution in [2.45, 2.75) is 19.2 Å². The molecular formula is C11H12F3NO5. The van der Waals surface area contributed by atoms with Crippen LogP contribution >= 0.6 is 0 Å². The van der Waals surface area contributed by atoms with Crippen LogP contribution in [0, 0.1) is 10.1 Å². The number of hydrogen-bond donors (Lipinski definition) is 1. The Morgan fingerprint density at radius 2 is 2.05 bits per heavy atom. The van der Waals surface area contributed by atoms with Crippen LogP contribution in [0.2, 0.25) is 0 Å². The van der Waals surface area contributed by atoms with E-state index in [-0.39, 0.29) is 18.1 Å². The number of rotatable bonds is 5.